The summed E-state index contributed by atoms with van der Waals surface area (Å²) < 4.78 is 18.1. The maximum absolute atomic E-state index is 6.45. The van der Waals surface area contributed by atoms with E-state index in [-0.39, 0.29) is 0 Å². The van der Waals surface area contributed by atoms with Crippen molar-refractivity contribution in [1.29, 1.82) is 0 Å². The number of ether oxygens (including phenoxy) is 2. The third kappa shape index (κ3) is 5.82. The molecule has 2 atom stereocenters. The van der Waals surface area contributed by atoms with Crippen LogP contribution in [0.1, 0.15) is 0 Å². The lowest BCUT2D eigenvalue weighted by atomic mass is 10.1. The van der Waals surface area contributed by atoms with E-state index in [1.165, 1.54) is 0 Å². The fourth-order valence-electron chi connectivity index (χ4n) is 4.78. The molecule has 1 fully saturated rings. The summed E-state index contributed by atoms with van der Waals surface area (Å²) in [6.45, 7) is 12.1. The van der Waals surface area contributed by atoms with Gasteiger partial charge in [0.25, 0.3) is 0 Å². The van der Waals surface area contributed by atoms with Gasteiger partial charge in [-0.2, -0.15) is 0 Å². The smallest absolute Gasteiger partial charge is 0.158 e. The summed E-state index contributed by atoms with van der Waals surface area (Å²) in [6, 6.07) is 12.7. The Labute approximate surface area is 201 Å². The molecule has 3 aromatic rings. The molecule has 0 spiro atoms. The first-order valence-electron chi connectivity index (χ1n) is 12.6. The Morgan fingerprint density at radius 3 is 1.59 bits per heavy atom. The lowest BCUT2D eigenvalue weighted by Crippen LogP contribution is -2.40. The van der Waals surface area contributed by atoms with Crippen LogP contribution in [-0.4, -0.2) is 102 Å². The average molecular weight is 468 g/mol. The quantitative estimate of drug-likeness (QED) is 0.436. The van der Waals surface area contributed by atoms with Crippen LogP contribution in [0.3, 0.4) is 0 Å². The second-order valence-electron chi connectivity index (χ2n) is 8.98. The second-order valence-corrected chi connectivity index (χ2v) is 8.98. The minimum Gasteiger partial charge on any atom is -0.452 e. The van der Waals surface area contributed by atoms with Gasteiger partial charge < -0.3 is 29.8 Å². The van der Waals surface area contributed by atoms with Crippen LogP contribution in [0.25, 0.3) is 21.9 Å². The molecule has 2 aliphatic rings. The number of nitrogens with one attached hydrogen (secondary N) is 3. The minimum atomic E-state index is 0.651. The predicted octanol–water partition coefficient (Wildman–Crippen LogP) is 2.66. The number of furan rings is 1. The van der Waals surface area contributed by atoms with Crippen molar-refractivity contribution in [3.8, 4) is 0 Å². The van der Waals surface area contributed by atoms with Crippen molar-refractivity contribution >= 4 is 33.3 Å². The summed E-state index contributed by atoms with van der Waals surface area (Å²) in [7, 11) is 0. The second kappa shape index (κ2) is 11.9. The van der Waals surface area contributed by atoms with Crippen LogP contribution >= 0.6 is 0 Å². The van der Waals surface area contributed by atoms with E-state index in [1.807, 2.05) is 0 Å². The topological polar surface area (TPSA) is 74.2 Å². The van der Waals surface area contributed by atoms with Gasteiger partial charge in [0.1, 0.15) is 0 Å². The molecule has 5 rings (SSSR count). The van der Waals surface area contributed by atoms with E-state index in [4.69, 9.17) is 13.9 Å². The van der Waals surface area contributed by atoms with Crippen molar-refractivity contribution in [2.24, 2.45) is 0 Å². The minimum absolute atomic E-state index is 0.651. The lowest BCUT2D eigenvalue weighted by Gasteiger charge is -2.24. The molecule has 2 unspecified atom stereocenters. The van der Waals surface area contributed by atoms with Crippen LogP contribution in [0.4, 0.5) is 11.4 Å². The number of para-hydroxylation sites is 2. The number of rotatable bonds is 0. The number of hydrogen-bond acceptors (Lipinski definition) is 8. The van der Waals surface area contributed by atoms with E-state index in [2.05, 4.69) is 62.1 Å². The van der Waals surface area contributed by atoms with Crippen LogP contribution in [0.2, 0.25) is 0 Å². The molecule has 34 heavy (non-hydrogen) atoms. The zero-order valence-corrected chi connectivity index (χ0v) is 20.0. The molecule has 0 radical (unpaired) electrons. The Hall–Kier alpha value is -2.36. The molecule has 1 saturated heterocycles. The average Bonchev–Trinajstić information content (AvgIpc) is 3.23. The zero-order chi connectivity index (χ0) is 23.0. The first kappa shape index (κ1) is 23.4. The van der Waals surface area contributed by atoms with Gasteiger partial charge in [0.15, 0.2) is 11.2 Å². The van der Waals surface area contributed by atoms with E-state index < -0.39 is 0 Å². The van der Waals surface area contributed by atoms with E-state index in [0.29, 0.717) is 13.2 Å². The lowest BCUT2D eigenvalue weighted by molar-refractivity contribution is 0.0329. The van der Waals surface area contributed by atoms with Gasteiger partial charge in [-0.3, -0.25) is 9.80 Å². The largest absolute Gasteiger partial charge is 0.452 e. The Kier molecular flexibility index (Phi) is 8.16. The van der Waals surface area contributed by atoms with Gasteiger partial charge in [0.05, 0.1) is 37.8 Å². The van der Waals surface area contributed by atoms with Crippen LogP contribution in [0, 0.1) is 0 Å². The zero-order valence-electron chi connectivity index (χ0n) is 20.0. The SMILES string of the molecule is c1cc2c3oc4c(cccc4c3c1)NCCN1CCNCCN(CCN2)CCOCCOCC1. The Balaban J connectivity index is 1.43. The maximum Gasteiger partial charge on any atom is 0.158 e. The van der Waals surface area contributed by atoms with Crippen molar-refractivity contribution in [1.82, 2.24) is 15.1 Å². The van der Waals surface area contributed by atoms with Crippen LogP contribution in [-0.2, 0) is 9.47 Å². The molecule has 1 aromatic heterocycles. The van der Waals surface area contributed by atoms with Gasteiger partial charge in [0, 0.05) is 76.2 Å². The number of benzene rings is 2. The summed E-state index contributed by atoms with van der Waals surface area (Å²) in [5, 5.41) is 13.2. The number of anilines is 2. The van der Waals surface area contributed by atoms with Gasteiger partial charge in [0.2, 0.25) is 0 Å². The van der Waals surface area contributed by atoms with Crippen molar-refractivity contribution in [2.75, 3.05) is 103 Å². The Morgan fingerprint density at radius 1 is 0.559 bits per heavy atom. The van der Waals surface area contributed by atoms with Gasteiger partial charge in [-0.15, -0.1) is 0 Å². The van der Waals surface area contributed by atoms with E-state index in [0.717, 1.165) is 112 Å². The van der Waals surface area contributed by atoms with E-state index in [9.17, 15) is 0 Å². The molecular weight excluding hydrogens is 430 g/mol. The highest BCUT2D eigenvalue weighted by Gasteiger charge is 2.15. The Bertz CT molecular complexity index is 975. The molecule has 184 valence electrons. The highest BCUT2D eigenvalue weighted by atomic mass is 16.5. The van der Waals surface area contributed by atoms with Crippen LogP contribution in [0.15, 0.2) is 40.8 Å². The summed E-state index contributed by atoms with van der Waals surface area (Å²) in [5.74, 6) is 0. The molecule has 2 aliphatic heterocycles. The van der Waals surface area contributed by atoms with Gasteiger partial charge in [-0.05, 0) is 12.1 Å². The summed E-state index contributed by atoms with van der Waals surface area (Å²) >= 11 is 0. The molecule has 3 heterocycles. The molecule has 0 saturated carbocycles. The van der Waals surface area contributed by atoms with Crippen molar-refractivity contribution < 1.29 is 13.9 Å². The molecule has 2 aromatic carbocycles. The first-order chi connectivity index (χ1) is 16.9. The standard InChI is InChI=1S/C26H37N5O3/c1-3-21-22-4-2-6-24-26(22)34-25(21)23(5-1)28-9-13-30-11-7-27-8-12-31(14-10-29-24)16-18-33-20-19-32-17-15-30/h1-6,27-29H,7-20H2. The van der Waals surface area contributed by atoms with Crippen molar-refractivity contribution in [2.45, 2.75) is 0 Å². The normalized spacial score (nSPS) is 24.1. The van der Waals surface area contributed by atoms with E-state index >= 15 is 0 Å². The summed E-state index contributed by atoms with van der Waals surface area (Å²) in [4.78, 5) is 4.92. The van der Waals surface area contributed by atoms with Crippen LogP contribution in [0.5, 0.6) is 0 Å². The molecule has 4 bridgehead atoms. The molecule has 0 aliphatic carbocycles. The summed E-state index contributed by atoms with van der Waals surface area (Å²) in [6.07, 6.45) is 0. The number of nitrogens with zero attached hydrogens (tertiary/aromatic N) is 2. The van der Waals surface area contributed by atoms with Gasteiger partial charge >= 0.3 is 0 Å². The van der Waals surface area contributed by atoms with Crippen molar-refractivity contribution in [3.63, 3.8) is 0 Å². The van der Waals surface area contributed by atoms with Crippen molar-refractivity contribution in [3.05, 3.63) is 36.4 Å². The Morgan fingerprint density at radius 2 is 1.06 bits per heavy atom. The number of hydrogen-bond donors (Lipinski definition) is 3. The fourth-order valence-corrected chi connectivity index (χ4v) is 4.78. The van der Waals surface area contributed by atoms with E-state index in [1.54, 1.807) is 0 Å². The first-order valence-corrected chi connectivity index (χ1v) is 12.6. The maximum atomic E-state index is 6.45. The monoisotopic (exact) mass is 467 g/mol. The fraction of sp³-hybridized carbons (Fsp3) is 0.538. The molecule has 8 heteroatoms. The third-order valence-electron chi connectivity index (χ3n) is 6.70. The van der Waals surface area contributed by atoms with Gasteiger partial charge in [-0.1, -0.05) is 24.3 Å². The van der Waals surface area contributed by atoms with Gasteiger partial charge in [-0.25, -0.2) is 0 Å². The molecular formula is C26H37N5O3. The predicted molar refractivity (Wildman–Crippen MR) is 138 cm³/mol. The highest BCUT2D eigenvalue weighted by molar-refractivity contribution is 6.11. The van der Waals surface area contributed by atoms with Crippen LogP contribution < -0.4 is 16.0 Å². The summed E-state index contributed by atoms with van der Waals surface area (Å²) in [5.41, 5.74) is 3.94. The molecule has 8 nitrogen and oxygen atoms in total. The third-order valence-corrected chi connectivity index (χ3v) is 6.70. The highest BCUT2D eigenvalue weighted by Crippen LogP contribution is 2.36. The molecule has 0 amide bonds. The number of fused-ring (bicyclic) bond motifs is 7. The molecule has 3 N–H and O–H groups in total.